The molecule has 0 fully saturated rings. The van der Waals surface area contributed by atoms with E-state index in [-0.39, 0.29) is 12.8 Å². The van der Waals surface area contributed by atoms with Crippen molar-refractivity contribution in [3.63, 3.8) is 0 Å². The molecule has 0 aliphatic carbocycles. The second kappa shape index (κ2) is 4.48. The fourth-order valence-electron chi connectivity index (χ4n) is 2.82. The highest BCUT2D eigenvalue weighted by atomic mass is 16.7. The van der Waals surface area contributed by atoms with Crippen LogP contribution < -0.4 is 9.47 Å². The van der Waals surface area contributed by atoms with Crippen LogP contribution in [0.15, 0.2) is 24.4 Å². The summed E-state index contributed by atoms with van der Waals surface area (Å²) in [6.07, 6.45) is 2.51. The van der Waals surface area contributed by atoms with Gasteiger partial charge in [-0.2, -0.15) is 0 Å². The average molecular weight is 283 g/mol. The molecule has 0 N–H and O–H groups in total. The number of carbonyl (C=O) groups excluding carboxylic acids is 1. The highest BCUT2D eigenvalue weighted by Crippen LogP contribution is 2.38. The molecule has 0 radical (unpaired) electrons. The Morgan fingerprint density at radius 3 is 2.90 bits per heavy atom. The van der Waals surface area contributed by atoms with Gasteiger partial charge in [0.15, 0.2) is 11.5 Å². The first-order valence-corrected chi connectivity index (χ1v) is 6.79. The quantitative estimate of drug-likeness (QED) is 0.753. The molecule has 5 nitrogen and oxygen atoms in total. The number of carbonyl (C=O) groups is 1. The molecule has 0 spiro atoms. The molecule has 5 heteroatoms. The summed E-state index contributed by atoms with van der Waals surface area (Å²) in [6.45, 7) is 2.48. The Kier molecular flexibility index (Phi) is 2.60. The highest BCUT2D eigenvalue weighted by molar-refractivity contribution is 5.95. The molecule has 106 valence electrons. The number of hydrogen-bond donors (Lipinski definition) is 0. The van der Waals surface area contributed by atoms with Crippen LogP contribution in [0.4, 0.5) is 0 Å². The standard InChI is InChI=1S/C16H13NO4/c1-9-15-11(4-5-19-16(15)18)12(7-17-9)10-2-3-13-14(6-10)21-8-20-13/h2-3,6-7H,4-5,8H2,1H3. The molecule has 0 bridgehead atoms. The third-order valence-electron chi connectivity index (χ3n) is 3.85. The van der Waals surface area contributed by atoms with E-state index < -0.39 is 0 Å². The van der Waals surface area contributed by atoms with Crippen LogP contribution in [0, 0.1) is 6.92 Å². The lowest BCUT2D eigenvalue weighted by molar-refractivity contribution is 0.0479. The Morgan fingerprint density at radius 1 is 1.14 bits per heavy atom. The van der Waals surface area contributed by atoms with Gasteiger partial charge in [-0.05, 0) is 30.2 Å². The first kappa shape index (κ1) is 12.2. The number of benzene rings is 1. The van der Waals surface area contributed by atoms with Crippen LogP contribution in [0.1, 0.15) is 21.6 Å². The SMILES string of the molecule is Cc1ncc(-c2ccc3c(c2)OCO3)c2c1C(=O)OCC2. The Morgan fingerprint density at radius 2 is 2.00 bits per heavy atom. The summed E-state index contributed by atoms with van der Waals surface area (Å²) < 4.78 is 15.9. The van der Waals surface area contributed by atoms with Crippen molar-refractivity contribution in [1.29, 1.82) is 0 Å². The smallest absolute Gasteiger partial charge is 0.340 e. The Labute approximate surface area is 121 Å². The molecule has 4 rings (SSSR count). The Bertz CT molecular complexity index is 754. The normalized spacial score (nSPS) is 15.6. The molecule has 21 heavy (non-hydrogen) atoms. The molecular formula is C16H13NO4. The van der Waals surface area contributed by atoms with E-state index in [0.717, 1.165) is 28.2 Å². The van der Waals surface area contributed by atoms with E-state index >= 15 is 0 Å². The van der Waals surface area contributed by atoms with E-state index in [0.29, 0.717) is 24.3 Å². The van der Waals surface area contributed by atoms with Crippen LogP contribution in [-0.2, 0) is 11.2 Å². The molecule has 2 aromatic rings. The van der Waals surface area contributed by atoms with Crippen molar-refractivity contribution in [2.45, 2.75) is 13.3 Å². The fourth-order valence-corrected chi connectivity index (χ4v) is 2.82. The van der Waals surface area contributed by atoms with Gasteiger partial charge in [0.25, 0.3) is 0 Å². The second-order valence-corrected chi connectivity index (χ2v) is 5.06. The van der Waals surface area contributed by atoms with Crippen LogP contribution in [-0.4, -0.2) is 24.4 Å². The van der Waals surface area contributed by atoms with E-state index in [1.54, 1.807) is 0 Å². The topological polar surface area (TPSA) is 57.7 Å². The molecule has 2 aliphatic rings. The molecule has 3 heterocycles. The molecule has 2 aliphatic heterocycles. The van der Waals surface area contributed by atoms with Crippen LogP contribution in [0.5, 0.6) is 11.5 Å². The summed E-state index contributed by atoms with van der Waals surface area (Å²) >= 11 is 0. The van der Waals surface area contributed by atoms with E-state index in [2.05, 4.69) is 4.98 Å². The predicted molar refractivity (Wildman–Crippen MR) is 74.5 cm³/mol. The maximum absolute atomic E-state index is 12.0. The second-order valence-electron chi connectivity index (χ2n) is 5.06. The van der Waals surface area contributed by atoms with Gasteiger partial charge in [0.1, 0.15) is 0 Å². The third kappa shape index (κ3) is 1.85. The minimum atomic E-state index is -0.288. The lowest BCUT2D eigenvalue weighted by atomic mass is 9.93. The zero-order chi connectivity index (χ0) is 14.4. The minimum absolute atomic E-state index is 0.245. The summed E-state index contributed by atoms with van der Waals surface area (Å²) in [6, 6.07) is 5.76. The highest BCUT2D eigenvalue weighted by Gasteiger charge is 2.25. The van der Waals surface area contributed by atoms with Crippen molar-refractivity contribution in [3.05, 3.63) is 41.2 Å². The number of hydrogen-bond acceptors (Lipinski definition) is 5. The zero-order valence-electron chi connectivity index (χ0n) is 11.5. The number of esters is 1. The van der Waals surface area contributed by atoms with Gasteiger partial charge in [-0.15, -0.1) is 0 Å². The number of aromatic nitrogens is 1. The van der Waals surface area contributed by atoms with Crippen molar-refractivity contribution in [3.8, 4) is 22.6 Å². The minimum Gasteiger partial charge on any atom is -0.462 e. The van der Waals surface area contributed by atoms with Gasteiger partial charge >= 0.3 is 5.97 Å². The maximum Gasteiger partial charge on any atom is 0.340 e. The largest absolute Gasteiger partial charge is 0.462 e. The lowest BCUT2D eigenvalue weighted by Gasteiger charge is -2.20. The molecule has 0 atom stereocenters. The number of nitrogens with zero attached hydrogens (tertiary/aromatic N) is 1. The van der Waals surface area contributed by atoms with Gasteiger partial charge in [0, 0.05) is 18.2 Å². The summed E-state index contributed by atoms with van der Waals surface area (Å²) in [5, 5.41) is 0. The number of cyclic esters (lactones) is 1. The molecule has 0 saturated carbocycles. The van der Waals surface area contributed by atoms with Crippen LogP contribution in [0.2, 0.25) is 0 Å². The molecule has 0 unspecified atom stereocenters. The first-order chi connectivity index (χ1) is 10.2. The molecule has 1 aromatic carbocycles. The van der Waals surface area contributed by atoms with Gasteiger partial charge in [-0.1, -0.05) is 6.07 Å². The van der Waals surface area contributed by atoms with Gasteiger partial charge in [0.2, 0.25) is 6.79 Å². The lowest BCUT2D eigenvalue weighted by Crippen LogP contribution is -2.20. The zero-order valence-corrected chi connectivity index (χ0v) is 11.5. The van der Waals surface area contributed by atoms with Crippen molar-refractivity contribution in [1.82, 2.24) is 4.98 Å². The number of ether oxygens (including phenoxy) is 3. The van der Waals surface area contributed by atoms with Crippen LogP contribution in [0.25, 0.3) is 11.1 Å². The number of rotatable bonds is 1. The third-order valence-corrected chi connectivity index (χ3v) is 3.85. The molecule has 0 amide bonds. The van der Waals surface area contributed by atoms with E-state index in [4.69, 9.17) is 14.2 Å². The van der Waals surface area contributed by atoms with Crippen molar-refractivity contribution in [2.75, 3.05) is 13.4 Å². The van der Waals surface area contributed by atoms with Gasteiger partial charge in [0.05, 0.1) is 17.9 Å². The number of fused-ring (bicyclic) bond motifs is 2. The van der Waals surface area contributed by atoms with Gasteiger partial charge in [-0.3, -0.25) is 4.98 Å². The number of aryl methyl sites for hydroxylation is 1. The molecule has 1 aromatic heterocycles. The first-order valence-electron chi connectivity index (χ1n) is 6.79. The van der Waals surface area contributed by atoms with E-state index in [1.807, 2.05) is 31.3 Å². The summed E-state index contributed by atoms with van der Waals surface area (Å²) in [5.74, 6) is 1.18. The fraction of sp³-hybridized carbons (Fsp3) is 0.250. The summed E-state index contributed by atoms with van der Waals surface area (Å²) in [7, 11) is 0. The monoisotopic (exact) mass is 283 g/mol. The van der Waals surface area contributed by atoms with Crippen LogP contribution in [0.3, 0.4) is 0 Å². The Hall–Kier alpha value is -2.56. The summed E-state index contributed by atoms with van der Waals surface area (Å²) in [4.78, 5) is 16.3. The van der Waals surface area contributed by atoms with Gasteiger partial charge in [-0.25, -0.2) is 4.79 Å². The summed E-state index contributed by atoms with van der Waals surface area (Å²) in [5.41, 5.74) is 4.22. The molecule has 0 saturated heterocycles. The number of pyridine rings is 1. The van der Waals surface area contributed by atoms with Crippen molar-refractivity contribution < 1.29 is 19.0 Å². The molecular weight excluding hydrogens is 270 g/mol. The van der Waals surface area contributed by atoms with E-state index in [1.165, 1.54) is 0 Å². The predicted octanol–water partition coefficient (Wildman–Crippen LogP) is 2.50. The van der Waals surface area contributed by atoms with Gasteiger partial charge < -0.3 is 14.2 Å². The van der Waals surface area contributed by atoms with Crippen molar-refractivity contribution in [2.24, 2.45) is 0 Å². The average Bonchev–Trinajstić information content (AvgIpc) is 2.95. The maximum atomic E-state index is 12.0. The van der Waals surface area contributed by atoms with Crippen molar-refractivity contribution >= 4 is 5.97 Å². The Balaban J connectivity index is 1.89. The van der Waals surface area contributed by atoms with E-state index in [9.17, 15) is 4.79 Å². The van der Waals surface area contributed by atoms with Crippen LogP contribution >= 0.6 is 0 Å².